The van der Waals surface area contributed by atoms with E-state index in [0.717, 1.165) is 11.1 Å². The zero-order chi connectivity index (χ0) is 36.3. The lowest BCUT2D eigenvalue weighted by molar-refractivity contribution is -0.147. The summed E-state index contributed by atoms with van der Waals surface area (Å²) in [7, 11) is 0. The van der Waals surface area contributed by atoms with E-state index < -0.39 is 42.0 Å². The molecule has 3 aromatic rings. The van der Waals surface area contributed by atoms with E-state index in [9.17, 15) is 29.1 Å². The molecule has 4 amide bonds. The number of amides is 4. The van der Waals surface area contributed by atoms with Crippen LogP contribution >= 0.6 is 0 Å². The van der Waals surface area contributed by atoms with Gasteiger partial charge in [-0.05, 0) is 54.7 Å². The summed E-state index contributed by atoms with van der Waals surface area (Å²) in [6.45, 7) is -0.0147. The number of nitrogens with one attached hydrogen (secondary N) is 3. The van der Waals surface area contributed by atoms with Crippen molar-refractivity contribution in [1.29, 1.82) is 0 Å². The molecule has 2 heterocycles. The Kier molecular flexibility index (Phi) is 12.4. The maximum atomic E-state index is 14.2. The largest absolute Gasteiger partial charge is 0.480 e. The summed E-state index contributed by atoms with van der Waals surface area (Å²) in [6.07, 6.45) is 2.11. The van der Waals surface area contributed by atoms with Gasteiger partial charge in [-0.25, -0.2) is 4.79 Å². The molecule has 2 saturated heterocycles. The van der Waals surface area contributed by atoms with Crippen LogP contribution in [0.3, 0.4) is 0 Å². The zero-order valence-corrected chi connectivity index (χ0v) is 28.3. The number of carbonyl (C=O) groups is 5. The molecule has 0 aliphatic carbocycles. The van der Waals surface area contributed by atoms with Gasteiger partial charge >= 0.3 is 5.97 Å². The van der Waals surface area contributed by atoms with Crippen molar-refractivity contribution in [2.24, 2.45) is 22.4 Å². The first-order valence-electron chi connectivity index (χ1n) is 17.2. The van der Waals surface area contributed by atoms with Gasteiger partial charge in [0.15, 0.2) is 5.96 Å². The van der Waals surface area contributed by atoms with Crippen molar-refractivity contribution in [3.63, 3.8) is 0 Å². The average molecular weight is 696 g/mol. The fourth-order valence-electron chi connectivity index (χ4n) is 7.06. The highest BCUT2D eigenvalue weighted by Crippen LogP contribution is 2.39. The Morgan fingerprint density at radius 1 is 0.824 bits per heavy atom. The molecule has 6 atom stereocenters. The van der Waals surface area contributed by atoms with Gasteiger partial charge in [-0.1, -0.05) is 91.0 Å². The third-order valence-electron chi connectivity index (χ3n) is 9.50. The van der Waals surface area contributed by atoms with Gasteiger partial charge in [0.1, 0.15) is 24.2 Å². The van der Waals surface area contributed by atoms with Gasteiger partial charge in [0, 0.05) is 19.0 Å². The van der Waals surface area contributed by atoms with Gasteiger partial charge < -0.3 is 37.4 Å². The third-order valence-corrected chi connectivity index (χ3v) is 9.50. The maximum Gasteiger partial charge on any atom is 0.326 e. The minimum Gasteiger partial charge on any atom is -0.480 e. The molecule has 5 rings (SSSR count). The van der Waals surface area contributed by atoms with Crippen LogP contribution in [0, 0.1) is 5.92 Å². The summed E-state index contributed by atoms with van der Waals surface area (Å²) in [6, 6.07) is 23.5. The molecule has 2 aliphatic heterocycles. The Morgan fingerprint density at radius 2 is 1.43 bits per heavy atom. The number of carboxylic acid groups (broad SMARTS) is 1. The van der Waals surface area contributed by atoms with Crippen LogP contribution in [-0.2, 0) is 43.2 Å². The standard InChI is InChI=1S/C38H45N7O6/c39-38(40)41-19-18-28(34(47)44-30(37(50)51)21-25-12-6-2-7-13-25)43-35(48)32-23-27(20-24-10-4-1-5-11-24)31-17-16-29(36(49)45(31)32)42-33(46)22-26-14-8-3-9-15-26/h1-15,27-32H,16-23H2,(H,42,46)(H,43,48)(H,44,47)(H,50,51)(H4,39,40,41)/t27-,28+,29?,30+,31+,32+/m1/s1. The predicted octanol–water partition coefficient (Wildman–Crippen LogP) is 1.30. The lowest BCUT2D eigenvalue weighted by Crippen LogP contribution is -2.61. The van der Waals surface area contributed by atoms with E-state index in [0.29, 0.717) is 31.2 Å². The smallest absolute Gasteiger partial charge is 0.326 e. The molecule has 8 N–H and O–H groups in total. The van der Waals surface area contributed by atoms with Gasteiger partial charge in [-0.3, -0.25) is 24.2 Å². The number of carbonyl (C=O) groups excluding carboxylic acids is 4. The topological polar surface area (TPSA) is 209 Å². The van der Waals surface area contributed by atoms with Crippen molar-refractivity contribution in [2.45, 2.75) is 75.2 Å². The van der Waals surface area contributed by atoms with Crippen LogP contribution in [-0.4, -0.2) is 82.3 Å². The molecular weight excluding hydrogens is 650 g/mol. The van der Waals surface area contributed by atoms with E-state index in [1.807, 2.05) is 60.7 Å². The number of nitrogens with two attached hydrogens (primary N) is 2. The Morgan fingerprint density at radius 3 is 2.04 bits per heavy atom. The van der Waals surface area contributed by atoms with Gasteiger partial charge in [-0.2, -0.15) is 0 Å². The number of piperidine rings is 1. The number of fused-ring (bicyclic) bond motifs is 1. The fourth-order valence-corrected chi connectivity index (χ4v) is 7.06. The Hall–Kier alpha value is -5.72. The molecular formula is C38H45N7O6. The lowest BCUT2D eigenvalue weighted by atomic mass is 9.86. The first-order valence-corrected chi connectivity index (χ1v) is 17.2. The molecule has 268 valence electrons. The first-order chi connectivity index (χ1) is 24.6. The number of benzene rings is 3. The van der Waals surface area contributed by atoms with Crippen molar-refractivity contribution < 1.29 is 29.1 Å². The molecule has 2 fully saturated rings. The summed E-state index contributed by atoms with van der Waals surface area (Å²) < 4.78 is 0. The summed E-state index contributed by atoms with van der Waals surface area (Å²) in [5.41, 5.74) is 13.6. The molecule has 3 aromatic carbocycles. The summed E-state index contributed by atoms with van der Waals surface area (Å²) in [5.74, 6) is -3.40. The molecule has 0 spiro atoms. The van der Waals surface area contributed by atoms with E-state index in [-0.39, 0.29) is 55.5 Å². The minimum absolute atomic E-state index is 0.0147. The number of hydrogen-bond acceptors (Lipinski definition) is 6. The van der Waals surface area contributed by atoms with Crippen molar-refractivity contribution in [2.75, 3.05) is 6.54 Å². The molecule has 0 bridgehead atoms. The molecule has 13 heteroatoms. The molecule has 2 aliphatic rings. The van der Waals surface area contributed by atoms with Gasteiger partial charge in [0.05, 0.1) is 6.42 Å². The summed E-state index contributed by atoms with van der Waals surface area (Å²) in [4.78, 5) is 72.6. The van der Waals surface area contributed by atoms with Crippen LogP contribution < -0.4 is 27.4 Å². The Labute approximate surface area is 296 Å². The molecule has 51 heavy (non-hydrogen) atoms. The van der Waals surface area contributed by atoms with Crippen LogP contribution in [0.5, 0.6) is 0 Å². The highest BCUT2D eigenvalue weighted by molar-refractivity contribution is 5.96. The monoisotopic (exact) mass is 695 g/mol. The van der Waals surface area contributed by atoms with E-state index in [4.69, 9.17) is 11.5 Å². The second-order valence-corrected chi connectivity index (χ2v) is 13.1. The second kappa shape index (κ2) is 17.3. The average Bonchev–Trinajstić information content (AvgIpc) is 3.48. The maximum absolute atomic E-state index is 14.2. The Bertz CT molecular complexity index is 1700. The number of guanidine groups is 1. The van der Waals surface area contributed by atoms with Crippen molar-refractivity contribution >= 4 is 35.6 Å². The SMILES string of the molecule is NC(N)=NCC[C@H](NC(=O)[C@@H]1C[C@@H](Cc2ccccc2)[C@@H]2CCC(NC(=O)Cc3ccccc3)C(=O)N12)C(=O)N[C@@H](Cc1ccccc1)C(=O)O. The quantitative estimate of drug-likeness (QED) is 0.101. The second-order valence-electron chi connectivity index (χ2n) is 13.1. The fraction of sp³-hybridized carbons (Fsp3) is 0.368. The molecule has 0 radical (unpaired) electrons. The molecule has 0 saturated carbocycles. The van der Waals surface area contributed by atoms with Gasteiger partial charge in [-0.15, -0.1) is 0 Å². The number of carboxylic acids is 1. The van der Waals surface area contributed by atoms with Crippen LogP contribution in [0.25, 0.3) is 0 Å². The van der Waals surface area contributed by atoms with Gasteiger partial charge in [0.2, 0.25) is 23.6 Å². The summed E-state index contributed by atoms with van der Waals surface area (Å²) >= 11 is 0. The number of hydrogen-bond donors (Lipinski definition) is 6. The Balaban J connectivity index is 1.35. The van der Waals surface area contributed by atoms with E-state index in [1.54, 1.807) is 35.2 Å². The van der Waals surface area contributed by atoms with E-state index in [2.05, 4.69) is 20.9 Å². The van der Waals surface area contributed by atoms with Crippen LogP contribution in [0.2, 0.25) is 0 Å². The van der Waals surface area contributed by atoms with Crippen LogP contribution in [0.15, 0.2) is 96.0 Å². The van der Waals surface area contributed by atoms with Crippen molar-refractivity contribution in [3.8, 4) is 0 Å². The summed E-state index contributed by atoms with van der Waals surface area (Å²) in [5, 5.41) is 18.2. The van der Waals surface area contributed by atoms with E-state index >= 15 is 0 Å². The number of rotatable bonds is 15. The number of aliphatic carboxylic acids is 1. The number of aliphatic imine (C=N–C) groups is 1. The molecule has 1 unspecified atom stereocenters. The number of nitrogens with zero attached hydrogens (tertiary/aromatic N) is 2. The van der Waals surface area contributed by atoms with Gasteiger partial charge in [0.25, 0.3) is 0 Å². The lowest BCUT2D eigenvalue weighted by Gasteiger charge is -2.39. The van der Waals surface area contributed by atoms with Crippen LogP contribution in [0.4, 0.5) is 0 Å². The molecule has 0 aromatic heterocycles. The predicted molar refractivity (Wildman–Crippen MR) is 191 cm³/mol. The van der Waals surface area contributed by atoms with Crippen molar-refractivity contribution in [1.82, 2.24) is 20.9 Å². The van der Waals surface area contributed by atoms with Crippen LogP contribution in [0.1, 0.15) is 42.4 Å². The third kappa shape index (κ3) is 9.93. The highest BCUT2D eigenvalue weighted by Gasteiger charge is 2.51. The minimum atomic E-state index is -1.27. The molecule has 13 nitrogen and oxygen atoms in total. The zero-order valence-electron chi connectivity index (χ0n) is 28.3. The normalized spacial score (nSPS) is 20.7. The van der Waals surface area contributed by atoms with Crippen molar-refractivity contribution in [3.05, 3.63) is 108 Å². The highest BCUT2D eigenvalue weighted by atomic mass is 16.4. The first kappa shape index (κ1) is 36.6. The van der Waals surface area contributed by atoms with E-state index in [1.165, 1.54) is 0 Å².